The number of Topliss-reactive ketones (excluding diaryl/α,β-unsaturated/α-hetero) is 1. The Labute approximate surface area is 193 Å². The Morgan fingerprint density at radius 2 is 1.73 bits per heavy atom. The van der Waals surface area contributed by atoms with E-state index in [-0.39, 0.29) is 17.9 Å². The van der Waals surface area contributed by atoms with Gasteiger partial charge in [0, 0.05) is 24.5 Å². The van der Waals surface area contributed by atoms with Crippen LogP contribution in [0.1, 0.15) is 52.3 Å². The zero-order valence-electron chi connectivity index (χ0n) is 18.6. The van der Waals surface area contributed by atoms with Crippen LogP contribution in [0.25, 0.3) is 5.76 Å². The van der Waals surface area contributed by atoms with Crippen LogP contribution >= 0.6 is 0 Å². The van der Waals surface area contributed by atoms with Crippen molar-refractivity contribution < 1.29 is 14.7 Å². The molecule has 5 nitrogen and oxygen atoms in total. The van der Waals surface area contributed by atoms with Gasteiger partial charge in [0.1, 0.15) is 5.76 Å². The van der Waals surface area contributed by atoms with Gasteiger partial charge in [0.25, 0.3) is 11.7 Å². The number of carbonyl (C=O) groups is 2. The van der Waals surface area contributed by atoms with Crippen LogP contribution in [0.5, 0.6) is 0 Å². The molecule has 2 aliphatic rings. The van der Waals surface area contributed by atoms with Gasteiger partial charge >= 0.3 is 0 Å². The van der Waals surface area contributed by atoms with Crippen molar-refractivity contribution in [3.63, 3.8) is 0 Å². The third kappa shape index (κ3) is 3.84. The molecule has 2 aromatic carbocycles. The maximum absolute atomic E-state index is 13.3. The molecule has 0 bridgehead atoms. The Morgan fingerprint density at radius 1 is 1.00 bits per heavy atom. The molecule has 1 unspecified atom stereocenters. The smallest absolute Gasteiger partial charge is 0.295 e. The van der Waals surface area contributed by atoms with Crippen LogP contribution in [-0.2, 0) is 29.0 Å². The first-order chi connectivity index (χ1) is 16.0. The van der Waals surface area contributed by atoms with E-state index in [0.29, 0.717) is 5.56 Å². The monoisotopic (exact) mass is 438 g/mol. The van der Waals surface area contributed by atoms with Crippen LogP contribution in [0.2, 0.25) is 0 Å². The minimum Gasteiger partial charge on any atom is -0.507 e. The molecule has 1 saturated heterocycles. The van der Waals surface area contributed by atoms with E-state index in [9.17, 15) is 14.7 Å². The highest BCUT2D eigenvalue weighted by molar-refractivity contribution is 6.46. The molecule has 3 aromatic rings. The molecule has 0 spiro atoms. The molecule has 1 aliphatic heterocycles. The maximum Gasteiger partial charge on any atom is 0.295 e. The lowest BCUT2D eigenvalue weighted by Gasteiger charge is -2.26. The molecule has 33 heavy (non-hydrogen) atoms. The number of ketones is 1. The summed E-state index contributed by atoms with van der Waals surface area (Å²) in [6.45, 7) is 2.22. The summed E-state index contributed by atoms with van der Waals surface area (Å²) in [5.74, 6) is -1.35. The fraction of sp³-hybridized carbons (Fsp3) is 0.250. The third-order valence-corrected chi connectivity index (χ3v) is 6.75. The van der Waals surface area contributed by atoms with Crippen molar-refractivity contribution in [3.8, 4) is 0 Å². The fourth-order valence-corrected chi connectivity index (χ4v) is 4.98. The van der Waals surface area contributed by atoms with E-state index in [1.165, 1.54) is 17.5 Å². The molecule has 0 saturated carbocycles. The normalized spacial score (nSPS) is 19.5. The predicted octanol–water partition coefficient (Wildman–Crippen LogP) is 4.89. The standard InChI is InChI=1S/C28H26N2O3/c1-18-6-2-5-9-23(18)25-24(26(31)22-11-10-20-7-3-4-8-21(20)16-22)27(32)28(33)30(25)17-19-12-14-29-15-13-19/h2,5-6,9-16,25,31H,3-4,7-8,17H2,1H3/b26-24+. The molecule has 5 heteroatoms. The number of aliphatic hydroxyl groups is 1. The predicted molar refractivity (Wildman–Crippen MR) is 126 cm³/mol. The summed E-state index contributed by atoms with van der Waals surface area (Å²) < 4.78 is 0. The number of hydrogen-bond acceptors (Lipinski definition) is 4. The molecule has 1 atom stereocenters. The number of benzene rings is 2. The van der Waals surface area contributed by atoms with Gasteiger partial charge < -0.3 is 10.0 Å². The Kier molecular flexibility index (Phi) is 5.55. The van der Waals surface area contributed by atoms with Crippen LogP contribution in [0.3, 0.4) is 0 Å². The second kappa shape index (κ2) is 8.66. The lowest BCUT2D eigenvalue weighted by molar-refractivity contribution is -0.140. The van der Waals surface area contributed by atoms with E-state index in [1.807, 2.05) is 61.5 Å². The average molecular weight is 439 g/mol. The van der Waals surface area contributed by atoms with E-state index in [0.717, 1.165) is 36.0 Å². The molecule has 1 aliphatic carbocycles. The molecule has 1 aromatic heterocycles. The van der Waals surface area contributed by atoms with Gasteiger partial charge in [0.15, 0.2) is 0 Å². The molecule has 0 radical (unpaired) electrons. The summed E-state index contributed by atoms with van der Waals surface area (Å²) in [6, 6.07) is 16.6. The second-order valence-electron chi connectivity index (χ2n) is 8.83. The number of pyridine rings is 1. The number of fused-ring (bicyclic) bond motifs is 1. The molecular formula is C28H26N2O3. The van der Waals surface area contributed by atoms with E-state index in [1.54, 1.807) is 17.3 Å². The first-order valence-electron chi connectivity index (χ1n) is 11.4. The number of likely N-dealkylation sites (tertiary alicyclic amines) is 1. The zero-order valence-corrected chi connectivity index (χ0v) is 18.6. The SMILES string of the molecule is Cc1ccccc1C1/C(=C(\O)c2ccc3c(c2)CCCC3)C(=O)C(=O)N1Cc1ccncc1. The number of nitrogens with zero attached hydrogens (tertiary/aromatic N) is 2. The summed E-state index contributed by atoms with van der Waals surface area (Å²) >= 11 is 0. The van der Waals surface area contributed by atoms with E-state index in [2.05, 4.69) is 4.98 Å². The van der Waals surface area contributed by atoms with E-state index < -0.39 is 17.7 Å². The van der Waals surface area contributed by atoms with Crippen molar-refractivity contribution >= 4 is 17.4 Å². The highest BCUT2D eigenvalue weighted by atomic mass is 16.3. The second-order valence-corrected chi connectivity index (χ2v) is 8.83. The Balaban J connectivity index is 1.65. The van der Waals surface area contributed by atoms with Crippen molar-refractivity contribution in [2.24, 2.45) is 0 Å². The minimum absolute atomic E-state index is 0.104. The number of aromatic nitrogens is 1. The minimum atomic E-state index is -0.657. The molecule has 2 heterocycles. The Bertz CT molecular complexity index is 1260. The highest BCUT2D eigenvalue weighted by Gasteiger charge is 2.46. The van der Waals surface area contributed by atoms with Gasteiger partial charge in [-0.05, 0) is 78.6 Å². The molecule has 5 rings (SSSR count). The molecule has 166 valence electrons. The number of aliphatic hydroxyl groups excluding tert-OH is 1. The van der Waals surface area contributed by atoms with Crippen molar-refractivity contribution in [2.45, 2.75) is 45.2 Å². The van der Waals surface area contributed by atoms with Crippen molar-refractivity contribution in [3.05, 3.63) is 106 Å². The largest absolute Gasteiger partial charge is 0.507 e. The zero-order chi connectivity index (χ0) is 22.9. The van der Waals surface area contributed by atoms with Crippen LogP contribution in [0.15, 0.2) is 72.6 Å². The van der Waals surface area contributed by atoms with Gasteiger partial charge in [0.2, 0.25) is 0 Å². The summed E-state index contributed by atoms with van der Waals surface area (Å²) in [4.78, 5) is 32.1. The first-order valence-corrected chi connectivity index (χ1v) is 11.4. The van der Waals surface area contributed by atoms with Crippen LogP contribution < -0.4 is 0 Å². The number of hydrogen-bond donors (Lipinski definition) is 1. The van der Waals surface area contributed by atoms with Crippen molar-refractivity contribution in [1.82, 2.24) is 9.88 Å². The van der Waals surface area contributed by atoms with Gasteiger partial charge in [-0.3, -0.25) is 14.6 Å². The Hall–Kier alpha value is -3.73. The summed E-state index contributed by atoms with van der Waals surface area (Å²) in [5, 5.41) is 11.4. The first kappa shape index (κ1) is 21.1. The van der Waals surface area contributed by atoms with Crippen LogP contribution in [-0.4, -0.2) is 26.7 Å². The maximum atomic E-state index is 13.3. The molecular weight excluding hydrogens is 412 g/mol. The number of carbonyl (C=O) groups excluding carboxylic acids is 2. The highest BCUT2D eigenvalue weighted by Crippen LogP contribution is 2.41. The summed E-state index contributed by atoms with van der Waals surface area (Å²) in [5.41, 5.74) is 5.93. The summed E-state index contributed by atoms with van der Waals surface area (Å²) in [6.07, 6.45) is 7.63. The van der Waals surface area contributed by atoms with E-state index >= 15 is 0 Å². The van der Waals surface area contributed by atoms with Gasteiger partial charge in [-0.2, -0.15) is 0 Å². The third-order valence-electron chi connectivity index (χ3n) is 6.75. The fourth-order valence-electron chi connectivity index (χ4n) is 4.98. The lowest BCUT2D eigenvalue weighted by atomic mass is 9.88. The molecule has 1 fully saturated rings. The lowest BCUT2D eigenvalue weighted by Crippen LogP contribution is -2.29. The van der Waals surface area contributed by atoms with Crippen molar-refractivity contribution in [2.75, 3.05) is 0 Å². The number of rotatable bonds is 4. The van der Waals surface area contributed by atoms with Gasteiger partial charge in [-0.25, -0.2) is 0 Å². The van der Waals surface area contributed by atoms with Crippen LogP contribution in [0, 0.1) is 6.92 Å². The topological polar surface area (TPSA) is 70.5 Å². The van der Waals surface area contributed by atoms with E-state index in [4.69, 9.17) is 0 Å². The molecule has 1 amide bonds. The molecule has 1 N–H and O–H groups in total. The van der Waals surface area contributed by atoms with Crippen LogP contribution in [0.4, 0.5) is 0 Å². The number of aryl methyl sites for hydroxylation is 3. The average Bonchev–Trinajstić information content (AvgIpc) is 3.09. The van der Waals surface area contributed by atoms with Crippen molar-refractivity contribution in [1.29, 1.82) is 0 Å². The quantitative estimate of drug-likeness (QED) is 0.358. The Morgan fingerprint density at radius 3 is 2.48 bits per heavy atom. The summed E-state index contributed by atoms with van der Waals surface area (Å²) in [7, 11) is 0. The number of amides is 1. The van der Waals surface area contributed by atoms with Gasteiger partial charge in [-0.15, -0.1) is 0 Å². The van der Waals surface area contributed by atoms with Gasteiger partial charge in [-0.1, -0.05) is 36.4 Å². The van der Waals surface area contributed by atoms with Gasteiger partial charge in [0.05, 0.1) is 11.6 Å².